The van der Waals surface area contributed by atoms with Crippen molar-refractivity contribution in [3.8, 4) is 0 Å². The molecule has 1 amide bonds. The fraction of sp³-hybridized carbons (Fsp3) is 0.800. The van der Waals surface area contributed by atoms with Crippen molar-refractivity contribution in [3.63, 3.8) is 0 Å². The third kappa shape index (κ3) is 6.05. The van der Waals surface area contributed by atoms with Gasteiger partial charge in [-0.25, -0.2) is 0 Å². The summed E-state index contributed by atoms with van der Waals surface area (Å²) in [6, 6.07) is 0.368. The average Bonchev–Trinajstić information content (AvgIpc) is 2.04. The molecule has 8 heteroatoms. The van der Waals surface area contributed by atoms with Crippen molar-refractivity contribution >= 4 is 63.9 Å². The number of rotatable bonds is 4. The van der Waals surface area contributed by atoms with Gasteiger partial charge < -0.3 is 5.32 Å². The van der Waals surface area contributed by atoms with Gasteiger partial charge in [0, 0.05) is 0 Å². The van der Waals surface area contributed by atoms with Crippen LogP contribution in [-0.2, 0) is 4.79 Å². The highest BCUT2D eigenvalue weighted by molar-refractivity contribution is 6.76. The lowest BCUT2D eigenvalue weighted by Gasteiger charge is -2.18. The van der Waals surface area contributed by atoms with E-state index in [1.54, 1.807) is 0 Å². The molecule has 1 N–H and O–H groups in total. The molecule has 78 valence electrons. The highest BCUT2D eigenvalue weighted by Gasteiger charge is 2.30. The van der Waals surface area contributed by atoms with Crippen molar-refractivity contribution in [2.24, 2.45) is 0 Å². The fourth-order valence-electron chi connectivity index (χ4n) is 0.400. The summed E-state index contributed by atoms with van der Waals surface area (Å²) in [6.07, 6.45) is 0. The van der Waals surface area contributed by atoms with E-state index < -0.39 is 9.70 Å². The Hall–Kier alpha value is 0.880. The lowest BCUT2D eigenvalue weighted by Crippen LogP contribution is -2.41. The highest BCUT2D eigenvalue weighted by Crippen LogP contribution is 2.25. The summed E-state index contributed by atoms with van der Waals surface area (Å²) in [6.45, 7) is 0.139. The quantitative estimate of drug-likeness (QED) is 0.488. The van der Waals surface area contributed by atoms with Gasteiger partial charge in [-0.15, -0.1) is 23.2 Å². The van der Waals surface area contributed by atoms with Crippen LogP contribution in [0.4, 0.5) is 0 Å². The SMILES string of the molecule is O=C(NCN(CCl)CCl)C(Cl)(Cl)Cl. The van der Waals surface area contributed by atoms with Crippen LogP contribution in [0.3, 0.4) is 0 Å². The van der Waals surface area contributed by atoms with Crippen LogP contribution >= 0.6 is 58.0 Å². The van der Waals surface area contributed by atoms with Crippen molar-refractivity contribution in [1.82, 2.24) is 10.2 Å². The molecular formula is C5H7Cl5N2O. The molecule has 0 atom stereocenters. The van der Waals surface area contributed by atoms with Gasteiger partial charge >= 0.3 is 0 Å². The van der Waals surface area contributed by atoms with Gasteiger partial charge in [0.25, 0.3) is 9.70 Å². The van der Waals surface area contributed by atoms with Gasteiger partial charge in [0.2, 0.25) is 0 Å². The van der Waals surface area contributed by atoms with Crippen molar-refractivity contribution in [2.75, 3.05) is 18.7 Å². The Labute approximate surface area is 101 Å². The van der Waals surface area contributed by atoms with Gasteiger partial charge in [-0.05, 0) is 0 Å². The summed E-state index contributed by atoms with van der Waals surface area (Å²) in [5.41, 5.74) is 0. The van der Waals surface area contributed by atoms with Gasteiger partial charge in [0.15, 0.2) is 0 Å². The Bertz CT molecular complexity index is 167. The zero-order chi connectivity index (χ0) is 10.5. The van der Waals surface area contributed by atoms with Crippen LogP contribution in [0.1, 0.15) is 0 Å². The minimum Gasteiger partial charge on any atom is -0.340 e. The van der Waals surface area contributed by atoms with E-state index in [1.807, 2.05) is 0 Å². The van der Waals surface area contributed by atoms with Gasteiger partial charge in [-0.2, -0.15) is 0 Å². The van der Waals surface area contributed by atoms with Crippen LogP contribution < -0.4 is 5.32 Å². The first-order chi connectivity index (χ1) is 5.91. The van der Waals surface area contributed by atoms with Crippen molar-refractivity contribution < 1.29 is 4.79 Å². The van der Waals surface area contributed by atoms with E-state index in [0.29, 0.717) is 0 Å². The van der Waals surface area contributed by atoms with Crippen molar-refractivity contribution in [3.05, 3.63) is 0 Å². The van der Waals surface area contributed by atoms with Crippen LogP contribution in [-0.4, -0.2) is 33.3 Å². The number of nitrogens with one attached hydrogen (secondary N) is 1. The molecule has 0 radical (unpaired) electrons. The van der Waals surface area contributed by atoms with Crippen molar-refractivity contribution in [1.29, 1.82) is 0 Å². The Kier molecular flexibility index (Phi) is 6.81. The van der Waals surface area contributed by atoms with Gasteiger partial charge in [0.05, 0.1) is 18.7 Å². The summed E-state index contributed by atoms with van der Waals surface area (Å²) in [4.78, 5) is 12.5. The molecule has 0 heterocycles. The molecule has 0 spiro atoms. The van der Waals surface area contributed by atoms with E-state index in [1.165, 1.54) is 4.90 Å². The van der Waals surface area contributed by atoms with E-state index in [0.717, 1.165) is 0 Å². The minimum atomic E-state index is -1.95. The maximum absolute atomic E-state index is 11.0. The highest BCUT2D eigenvalue weighted by atomic mass is 35.6. The third-order valence-corrected chi connectivity index (χ3v) is 2.25. The van der Waals surface area contributed by atoms with Gasteiger partial charge in [-0.1, -0.05) is 34.8 Å². The Morgan fingerprint density at radius 2 is 1.69 bits per heavy atom. The zero-order valence-electron chi connectivity index (χ0n) is 6.37. The first-order valence-corrected chi connectivity index (χ1v) is 5.31. The number of hydrogen-bond acceptors (Lipinski definition) is 2. The third-order valence-electron chi connectivity index (χ3n) is 1.06. The number of hydrogen-bond donors (Lipinski definition) is 1. The van der Waals surface area contributed by atoms with Crippen LogP contribution in [0.15, 0.2) is 0 Å². The normalized spacial score (nSPS) is 11.8. The van der Waals surface area contributed by atoms with E-state index in [9.17, 15) is 4.79 Å². The summed E-state index contributed by atoms with van der Waals surface area (Å²) < 4.78 is -1.95. The average molecular weight is 288 g/mol. The molecule has 0 rings (SSSR count). The second kappa shape index (κ2) is 6.38. The number of alkyl halides is 5. The van der Waals surface area contributed by atoms with E-state index in [4.69, 9.17) is 58.0 Å². The molecule has 0 unspecified atom stereocenters. The maximum atomic E-state index is 11.0. The largest absolute Gasteiger partial charge is 0.340 e. The molecule has 3 nitrogen and oxygen atoms in total. The lowest BCUT2D eigenvalue weighted by atomic mass is 10.6. The molecule has 0 aliphatic rings. The molecule has 0 aliphatic carbocycles. The van der Waals surface area contributed by atoms with Crippen LogP contribution in [0, 0.1) is 0 Å². The summed E-state index contributed by atoms with van der Waals surface area (Å²) in [5.74, 6) is -0.710. The molecule has 0 saturated heterocycles. The predicted octanol–water partition coefficient (Wildman–Crippen LogP) is 2.12. The monoisotopic (exact) mass is 286 g/mol. The Morgan fingerprint density at radius 1 is 1.23 bits per heavy atom. The van der Waals surface area contributed by atoms with Crippen LogP contribution in [0.5, 0.6) is 0 Å². The number of amides is 1. The van der Waals surface area contributed by atoms with E-state index in [2.05, 4.69) is 5.32 Å². The van der Waals surface area contributed by atoms with Gasteiger partial charge in [0.1, 0.15) is 0 Å². The second-order valence-electron chi connectivity index (χ2n) is 2.07. The molecule has 0 fully saturated rings. The summed E-state index contributed by atoms with van der Waals surface area (Å²) in [7, 11) is 0. The topological polar surface area (TPSA) is 32.3 Å². The first kappa shape index (κ1) is 13.9. The summed E-state index contributed by atoms with van der Waals surface area (Å²) in [5, 5.41) is 2.35. The standard InChI is InChI=1S/C5H7Cl5N2O/c6-1-12(2-7)3-11-4(13)5(8,9)10/h1-3H2,(H,11,13). The minimum absolute atomic E-state index is 0.139. The molecule has 0 aromatic rings. The molecular weight excluding hydrogens is 281 g/mol. The van der Waals surface area contributed by atoms with E-state index >= 15 is 0 Å². The molecule has 13 heavy (non-hydrogen) atoms. The second-order valence-corrected chi connectivity index (χ2v) is 4.83. The molecule has 0 bridgehead atoms. The van der Waals surface area contributed by atoms with E-state index in [-0.39, 0.29) is 18.7 Å². The predicted molar refractivity (Wildman–Crippen MR) is 56.6 cm³/mol. The zero-order valence-corrected chi connectivity index (χ0v) is 10.1. The van der Waals surface area contributed by atoms with Crippen molar-refractivity contribution in [2.45, 2.75) is 3.79 Å². The molecule has 0 aromatic carbocycles. The number of halogens is 5. The number of nitrogens with zero attached hydrogens (tertiary/aromatic N) is 1. The maximum Gasteiger partial charge on any atom is 0.273 e. The number of carbonyl (C=O) groups is 1. The fourth-order valence-corrected chi connectivity index (χ4v) is 1.03. The van der Waals surface area contributed by atoms with Crippen LogP contribution in [0.2, 0.25) is 0 Å². The lowest BCUT2D eigenvalue weighted by molar-refractivity contribution is -0.120. The molecule has 0 aliphatic heterocycles. The summed E-state index contributed by atoms with van der Waals surface area (Å²) >= 11 is 26.8. The Morgan fingerprint density at radius 3 is 2.00 bits per heavy atom. The Balaban J connectivity index is 3.82. The molecule has 0 saturated carbocycles. The first-order valence-electron chi connectivity index (χ1n) is 3.11. The number of carbonyl (C=O) groups excluding carboxylic acids is 1. The molecule has 0 aromatic heterocycles. The smallest absolute Gasteiger partial charge is 0.273 e. The van der Waals surface area contributed by atoms with Gasteiger partial charge in [-0.3, -0.25) is 9.69 Å². The van der Waals surface area contributed by atoms with Crippen LogP contribution in [0.25, 0.3) is 0 Å².